The second-order valence-electron chi connectivity index (χ2n) is 6.03. The fourth-order valence-corrected chi connectivity index (χ4v) is 2.13. The molecule has 1 aromatic rings. The third-order valence-electron chi connectivity index (χ3n) is 3.50. The molecule has 96 valence electrons. The summed E-state index contributed by atoms with van der Waals surface area (Å²) >= 11 is 0. The van der Waals surface area contributed by atoms with E-state index < -0.39 is 8.32 Å². The van der Waals surface area contributed by atoms with Gasteiger partial charge in [-0.05, 0) is 37.2 Å². The highest BCUT2D eigenvalue weighted by Crippen LogP contribution is 2.36. The van der Waals surface area contributed by atoms with E-state index in [0.717, 1.165) is 5.69 Å². The predicted molar refractivity (Wildman–Crippen MR) is 73.0 cm³/mol. The number of hydrogen-bond acceptors (Lipinski definition) is 2. The van der Waals surface area contributed by atoms with E-state index in [1.807, 2.05) is 19.1 Å². The zero-order chi connectivity index (χ0) is 13.3. The van der Waals surface area contributed by atoms with Gasteiger partial charge in [-0.1, -0.05) is 20.8 Å². The molecule has 0 aliphatic rings. The zero-order valence-electron chi connectivity index (χ0n) is 11.7. The molecule has 0 aliphatic carbocycles. The normalized spacial score (nSPS) is 12.8. The van der Waals surface area contributed by atoms with E-state index in [0.29, 0.717) is 5.69 Å². The van der Waals surface area contributed by atoms with Gasteiger partial charge in [-0.25, -0.2) is 0 Å². The molecule has 1 aromatic heterocycles. The minimum atomic E-state index is -1.83. The Kier molecular flexibility index (Phi) is 3.99. The quantitative estimate of drug-likeness (QED) is 0.659. The molecule has 0 atom stereocenters. The molecule has 0 aliphatic heterocycles. The summed E-state index contributed by atoms with van der Waals surface area (Å²) in [6.45, 7) is 12.9. The van der Waals surface area contributed by atoms with E-state index in [4.69, 9.17) is 4.43 Å². The molecule has 0 spiro atoms. The molecule has 4 heteroatoms. The highest BCUT2D eigenvalue weighted by atomic mass is 28.4. The number of carbonyl (C=O) groups excluding carboxylic acids is 1. The highest BCUT2D eigenvalue weighted by Gasteiger charge is 2.37. The third kappa shape index (κ3) is 3.54. The van der Waals surface area contributed by atoms with E-state index in [9.17, 15) is 4.79 Å². The van der Waals surface area contributed by atoms with Crippen LogP contribution in [0.3, 0.4) is 0 Å². The molecular weight excluding hydrogens is 230 g/mol. The lowest BCUT2D eigenvalue weighted by Crippen LogP contribution is -2.42. The first-order valence-corrected chi connectivity index (χ1v) is 8.87. The lowest BCUT2D eigenvalue weighted by Gasteiger charge is -2.35. The van der Waals surface area contributed by atoms with Crippen LogP contribution in [-0.4, -0.2) is 25.7 Å². The van der Waals surface area contributed by atoms with E-state index in [-0.39, 0.29) is 17.4 Å². The van der Waals surface area contributed by atoms with Crippen LogP contribution in [0.15, 0.2) is 12.1 Å². The Bertz CT molecular complexity index is 402. The van der Waals surface area contributed by atoms with Crippen molar-refractivity contribution in [1.82, 2.24) is 4.98 Å². The monoisotopic (exact) mass is 253 g/mol. The Labute approximate surface area is 105 Å². The van der Waals surface area contributed by atoms with Crippen LogP contribution in [-0.2, 0) is 4.43 Å². The number of carbonyl (C=O) groups is 1. The van der Waals surface area contributed by atoms with Gasteiger partial charge in [-0.15, -0.1) is 0 Å². The van der Waals surface area contributed by atoms with Crippen molar-refractivity contribution in [2.45, 2.75) is 45.8 Å². The Morgan fingerprint density at radius 2 is 1.94 bits per heavy atom. The van der Waals surface area contributed by atoms with Crippen molar-refractivity contribution < 1.29 is 9.22 Å². The number of hydrogen-bond donors (Lipinski definition) is 1. The first-order chi connectivity index (χ1) is 7.63. The fourth-order valence-electron chi connectivity index (χ4n) is 1.21. The Morgan fingerprint density at radius 1 is 1.35 bits per heavy atom. The SMILES string of the molecule is Cc1ccc(C(=O)CO[Si](C)(C)C(C)(C)C)[nH]1. The standard InChI is InChI=1S/C13H23NO2Si/c1-10-7-8-11(14-10)12(15)9-16-17(5,6)13(2,3)4/h7-8,14H,9H2,1-6H3. The second-order valence-corrected chi connectivity index (χ2v) is 10.8. The summed E-state index contributed by atoms with van der Waals surface area (Å²) in [6.07, 6.45) is 0. The zero-order valence-corrected chi connectivity index (χ0v) is 12.7. The summed E-state index contributed by atoms with van der Waals surface area (Å²) in [7, 11) is -1.83. The molecule has 0 saturated heterocycles. The summed E-state index contributed by atoms with van der Waals surface area (Å²) in [5.74, 6) is 0.0305. The minimum absolute atomic E-state index is 0.0305. The molecule has 1 rings (SSSR count). The minimum Gasteiger partial charge on any atom is -0.409 e. The molecule has 1 heterocycles. The van der Waals surface area contributed by atoms with Gasteiger partial charge in [0.1, 0.15) is 0 Å². The van der Waals surface area contributed by atoms with Crippen molar-refractivity contribution >= 4 is 14.1 Å². The molecule has 0 fully saturated rings. The van der Waals surface area contributed by atoms with E-state index in [2.05, 4.69) is 38.8 Å². The van der Waals surface area contributed by atoms with E-state index >= 15 is 0 Å². The molecule has 0 amide bonds. The maximum atomic E-state index is 11.9. The molecule has 3 nitrogen and oxygen atoms in total. The van der Waals surface area contributed by atoms with Crippen molar-refractivity contribution in [3.8, 4) is 0 Å². The van der Waals surface area contributed by atoms with Crippen molar-refractivity contribution in [3.63, 3.8) is 0 Å². The topological polar surface area (TPSA) is 42.1 Å². The van der Waals surface area contributed by atoms with Crippen LogP contribution in [0.25, 0.3) is 0 Å². The van der Waals surface area contributed by atoms with Crippen molar-refractivity contribution in [2.24, 2.45) is 0 Å². The molecular formula is C13H23NO2Si. The van der Waals surface area contributed by atoms with Crippen molar-refractivity contribution in [3.05, 3.63) is 23.5 Å². The van der Waals surface area contributed by atoms with Gasteiger partial charge in [0.25, 0.3) is 0 Å². The number of nitrogens with one attached hydrogen (secondary N) is 1. The number of H-pyrrole nitrogens is 1. The molecule has 17 heavy (non-hydrogen) atoms. The van der Waals surface area contributed by atoms with E-state index in [1.54, 1.807) is 0 Å². The summed E-state index contributed by atoms with van der Waals surface area (Å²) in [4.78, 5) is 14.9. The van der Waals surface area contributed by atoms with Crippen LogP contribution in [0, 0.1) is 6.92 Å². The van der Waals surface area contributed by atoms with Crippen LogP contribution in [0.1, 0.15) is 37.0 Å². The number of aromatic nitrogens is 1. The van der Waals surface area contributed by atoms with Gasteiger partial charge in [0.05, 0.1) is 12.3 Å². The Morgan fingerprint density at radius 3 is 2.35 bits per heavy atom. The van der Waals surface area contributed by atoms with Gasteiger partial charge >= 0.3 is 0 Å². The summed E-state index contributed by atoms with van der Waals surface area (Å²) in [5.41, 5.74) is 1.64. The van der Waals surface area contributed by atoms with Crippen LogP contribution < -0.4 is 0 Å². The second kappa shape index (κ2) is 4.78. The lowest BCUT2D eigenvalue weighted by atomic mass is 10.2. The van der Waals surface area contributed by atoms with Gasteiger partial charge in [0.15, 0.2) is 8.32 Å². The first-order valence-electron chi connectivity index (χ1n) is 5.96. The average molecular weight is 253 g/mol. The highest BCUT2D eigenvalue weighted by molar-refractivity contribution is 6.74. The van der Waals surface area contributed by atoms with Crippen LogP contribution in [0.2, 0.25) is 18.1 Å². The number of Topliss-reactive ketones (excluding diaryl/α,β-unsaturated/α-hetero) is 1. The Hall–Kier alpha value is -0.873. The third-order valence-corrected chi connectivity index (χ3v) is 7.98. The van der Waals surface area contributed by atoms with Gasteiger partial charge < -0.3 is 9.41 Å². The first kappa shape index (κ1) is 14.2. The number of aromatic amines is 1. The van der Waals surface area contributed by atoms with Crippen LogP contribution >= 0.6 is 0 Å². The van der Waals surface area contributed by atoms with Crippen LogP contribution in [0.5, 0.6) is 0 Å². The maximum Gasteiger partial charge on any atom is 0.203 e. The lowest BCUT2D eigenvalue weighted by molar-refractivity contribution is 0.0906. The largest absolute Gasteiger partial charge is 0.409 e. The fraction of sp³-hybridized carbons (Fsp3) is 0.615. The van der Waals surface area contributed by atoms with Gasteiger partial charge in [-0.2, -0.15) is 0 Å². The van der Waals surface area contributed by atoms with Crippen molar-refractivity contribution in [2.75, 3.05) is 6.61 Å². The molecule has 0 aromatic carbocycles. The van der Waals surface area contributed by atoms with Crippen LogP contribution in [0.4, 0.5) is 0 Å². The summed E-state index contributed by atoms with van der Waals surface area (Å²) < 4.78 is 5.89. The average Bonchev–Trinajstić information content (AvgIpc) is 2.59. The molecule has 0 saturated carbocycles. The van der Waals surface area contributed by atoms with Gasteiger partial charge in [0, 0.05) is 5.69 Å². The Balaban J connectivity index is 2.60. The number of ketones is 1. The van der Waals surface area contributed by atoms with Crippen molar-refractivity contribution in [1.29, 1.82) is 0 Å². The van der Waals surface area contributed by atoms with Gasteiger partial charge in [-0.3, -0.25) is 4.79 Å². The number of rotatable bonds is 4. The summed E-state index contributed by atoms with van der Waals surface area (Å²) in [6, 6.07) is 3.71. The smallest absolute Gasteiger partial charge is 0.203 e. The molecule has 0 unspecified atom stereocenters. The predicted octanol–water partition coefficient (Wildman–Crippen LogP) is 3.53. The van der Waals surface area contributed by atoms with E-state index in [1.165, 1.54) is 0 Å². The molecule has 0 radical (unpaired) electrons. The summed E-state index contributed by atoms with van der Waals surface area (Å²) in [5, 5.41) is 0.138. The maximum absolute atomic E-state index is 11.9. The molecule has 1 N–H and O–H groups in total. The number of aryl methyl sites for hydroxylation is 1. The van der Waals surface area contributed by atoms with Gasteiger partial charge in [0.2, 0.25) is 5.78 Å². The molecule has 0 bridgehead atoms.